The third kappa shape index (κ3) is 6.03. The minimum Gasteiger partial charge on any atom is -0.489 e. The summed E-state index contributed by atoms with van der Waals surface area (Å²) in [7, 11) is 0. The van der Waals surface area contributed by atoms with Crippen LogP contribution in [0.3, 0.4) is 0 Å². The molecule has 1 amide bonds. The number of hydrogen-bond donors (Lipinski definition) is 1. The molecule has 0 saturated heterocycles. The molecule has 0 atom stereocenters. The predicted octanol–water partition coefficient (Wildman–Crippen LogP) is 5.79. The van der Waals surface area contributed by atoms with E-state index >= 15 is 0 Å². The van der Waals surface area contributed by atoms with E-state index in [1.165, 1.54) is 24.3 Å². The van der Waals surface area contributed by atoms with Crippen LogP contribution < -0.4 is 10.1 Å². The number of ether oxygens (including phenoxy) is 1. The minimum atomic E-state index is -0.647. The van der Waals surface area contributed by atoms with Crippen LogP contribution in [0.15, 0.2) is 76.8 Å². The molecule has 3 aromatic rings. The topological polar surface area (TPSA) is 105 Å². The SMILES string of the molecule is Cc1ccc([N+](=O)[O-])cc1NC(=O)/C(C#N)=C/c1ccc(OCc2ccc(Br)cc2)cc1. The Balaban J connectivity index is 1.68. The molecule has 0 heterocycles. The predicted molar refractivity (Wildman–Crippen MR) is 125 cm³/mol. The van der Waals surface area contributed by atoms with Crippen molar-refractivity contribution in [2.24, 2.45) is 0 Å². The monoisotopic (exact) mass is 491 g/mol. The summed E-state index contributed by atoms with van der Waals surface area (Å²) < 4.78 is 6.75. The fraction of sp³-hybridized carbons (Fsp3) is 0.0833. The number of nitrogens with one attached hydrogen (secondary N) is 1. The number of rotatable bonds is 7. The van der Waals surface area contributed by atoms with Crippen molar-refractivity contribution < 1.29 is 14.5 Å². The van der Waals surface area contributed by atoms with Crippen molar-refractivity contribution in [1.82, 2.24) is 0 Å². The van der Waals surface area contributed by atoms with E-state index in [1.54, 1.807) is 31.2 Å². The molecule has 32 heavy (non-hydrogen) atoms. The Morgan fingerprint density at radius 1 is 1.16 bits per heavy atom. The van der Waals surface area contributed by atoms with Gasteiger partial charge in [0.2, 0.25) is 0 Å². The number of anilines is 1. The summed E-state index contributed by atoms with van der Waals surface area (Å²) in [5, 5.41) is 23.0. The van der Waals surface area contributed by atoms with Gasteiger partial charge in [-0.15, -0.1) is 0 Å². The number of carbonyl (C=O) groups excluding carboxylic acids is 1. The number of non-ortho nitro benzene ring substituents is 1. The molecule has 3 rings (SSSR count). The van der Waals surface area contributed by atoms with Crippen LogP contribution in [0.5, 0.6) is 5.75 Å². The lowest BCUT2D eigenvalue weighted by Crippen LogP contribution is -2.14. The van der Waals surface area contributed by atoms with Gasteiger partial charge in [-0.3, -0.25) is 14.9 Å². The van der Waals surface area contributed by atoms with Crippen molar-refractivity contribution in [3.8, 4) is 11.8 Å². The molecule has 8 heteroatoms. The standard InChI is InChI=1S/C24H18BrN3O4/c1-16-2-9-21(28(30)31)13-23(16)27-24(29)19(14-26)12-17-5-10-22(11-6-17)32-15-18-3-7-20(25)8-4-18/h2-13H,15H2,1H3,(H,27,29)/b19-12+. The smallest absolute Gasteiger partial charge is 0.271 e. The van der Waals surface area contributed by atoms with Crippen molar-refractivity contribution in [2.75, 3.05) is 5.32 Å². The zero-order valence-electron chi connectivity index (χ0n) is 17.0. The second-order valence-electron chi connectivity index (χ2n) is 6.86. The van der Waals surface area contributed by atoms with Crippen molar-refractivity contribution in [2.45, 2.75) is 13.5 Å². The van der Waals surface area contributed by atoms with Crippen LogP contribution >= 0.6 is 15.9 Å². The number of nitro benzene ring substituents is 1. The van der Waals surface area contributed by atoms with Crippen LogP contribution in [0.4, 0.5) is 11.4 Å². The van der Waals surface area contributed by atoms with Gasteiger partial charge < -0.3 is 10.1 Å². The average molecular weight is 492 g/mol. The Labute approximate surface area is 193 Å². The van der Waals surface area contributed by atoms with Gasteiger partial charge in [-0.25, -0.2) is 0 Å². The molecule has 160 valence electrons. The van der Waals surface area contributed by atoms with Crippen molar-refractivity contribution >= 4 is 39.3 Å². The molecule has 3 aromatic carbocycles. The highest BCUT2D eigenvalue weighted by Crippen LogP contribution is 2.23. The Kier molecular flexibility index (Phi) is 7.37. The van der Waals surface area contributed by atoms with Crippen LogP contribution in [-0.2, 0) is 11.4 Å². The number of carbonyl (C=O) groups is 1. The third-order valence-corrected chi connectivity index (χ3v) is 5.08. The molecule has 0 aromatic heterocycles. The van der Waals surface area contributed by atoms with Crippen LogP contribution in [0.1, 0.15) is 16.7 Å². The van der Waals surface area contributed by atoms with Gasteiger partial charge in [-0.1, -0.05) is 46.3 Å². The minimum absolute atomic E-state index is 0.126. The number of hydrogen-bond acceptors (Lipinski definition) is 5. The van der Waals surface area contributed by atoms with E-state index in [2.05, 4.69) is 21.2 Å². The molecule has 0 aliphatic heterocycles. The molecule has 1 N–H and O–H groups in total. The molecule has 0 unspecified atom stereocenters. The molecule has 0 radical (unpaired) electrons. The van der Waals surface area contributed by atoms with Crippen molar-refractivity contribution in [3.63, 3.8) is 0 Å². The normalized spacial score (nSPS) is 10.8. The van der Waals surface area contributed by atoms with E-state index in [0.29, 0.717) is 23.5 Å². The summed E-state index contributed by atoms with van der Waals surface area (Å²) in [6, 6.07) is 20.8. The maximum atomic E-state index is 12.5. The number of amides is 1. The molecule has 7 nitrogen and oxygen atoms in total. The Morgan fingerprint density at radius 2 is 1.84 bits per heavy atom. The first kappa shape index (κ1) is 22.7. The number of aryl methyl sites for hydroxylation is 1. The van der Waals surface area contributed by atoms with Crippen molar-refractivity contribution in [1.29, 1.82) is 5.26 Å². The van der Waals surface area contributed by atoms with Gasteiger partial charge in [-0.2, -0.15) is 5.26 Å². The van der Waals surface area contributed by atoms with E-state index in [1.807, 2.05) is 30.3 Å². The van der Waals surface area contributed by atoms with Gasteiger partial charge in [0.25, 0.3) is 11.6 Å². The number of benzene rings is 3. The number of nitro groups is 1. The molecule has 0 aliphatic rings. The zero-order valence-corrected chi connectivity index (χ0v) is 18.6. The van der Waals surface area contributed by atoms with Crippen molar-refractivity contribution in [3.05, 3.63) is 104 Å². The average Bonchev–Trinajstić information content (AvgIpc) is 2.79. The molecular formula is C24H18BrN3O4. The Hall–Kier alpha value is -3.96. The highest BCUT2D eigenvalue weighted by molar-refractivity contribution is 9.10. The second kappa shape index (κ2) is 10.4. The number of halogens is 1. The quantitative estimate of drug-likeness (QED) is 0.195. The lowest BCUT2D eigenvalue weighted by atomic mass is 10.1. The van der Waals surface area contributed by atoms with Crippen LogP contribution in [0.2, 0.25) is 0 Å². The first-order chi connectivity index (χ1) is 15.4. The molecule has 0 saturated carbocycles. The molecule has 0 fully saturated rings. The lowest BCUT2D eigenvalue weighted by Gasteiger charge is -2.08. The number of nitrogens with zero attached hydrogens (tertiary/aromatic N) is 2. The fourth-order valence-corrected chi connectivity index (χ4v) is 3.04. The van der Waals surface area contributed by atoms with E-state index in [4.69, 9.17) is 4.74 Å². The summed E-state index contributed by atoms with van der Waals surface area (Å²) in [5.41, 5.74) is 2.32. The van der Waals surface area contributed by atoms with E-state index in [9.17, 15) is 20.2 Å². The van der Waals surface area contributed by atoms with Gasteiger partial charge in [0.1, 0.15) is 24.0 Å². The van der Waals surface area contributed by atoms with E-state index in [0.717, 1.165) is 10.0 Å². The van der Waals surface area contributed by atoms with Gasteiger partial charge in [0.05, 0.1) is 10.6 Å². The molecule has 0 spiro atoms. The molecular weight excluding hydrogens is 474 g/mol. The van der Waals surface area contributed by atoms with Crippen LogP contribution in [0.25, 0.3) is 6.08 Å². The zero-order chi connectivity index (χ0) is 23.1. The maximum Gasteiger partial charge on any atom is 0.271 e. The first-order valence-corrected chi connectivity index (χ1v) is 10.3. The molecule has 0 aliphatic carbocycles. The highest BCUT2D eigenvalue weighted by Gasteiger charge is 2.14. The van der Waals surface area contributed by atoms with Gasteiger partial charge in [0.15, 0.2) is 0 Å². The van der Waals surface area contributed by atoms with E-state index < -0.39 is 10.8 Å². The summed E-state index contributed by atoms with van der Waals surface area (Å²) >= 11 is 3.39. The Morgan fingerprint density at radius 3 is 2.47 bits per heavy atom. The summed E-state index contributed by atoms with van der Waals surface area (Å²) in [4.78, 5) is 23.0. The van der Waals surface area contributed by atoms with Crippen LogP contribution in [0, 0.1) is 28.4 Å². The first-order valence-electron chi connectivity index (χ1n) is 9.51. The summed E-state index contributed by atoms with van der Waals surface area (Å²) in [6.07, 6.45) is 1.44. The van der Waals surface area contributed by atoms with Gasteiger partial charge >= 0.3 is 0 Å². The van der Waals surface area contributed by atoms with Gasteiger partial charge in [-0.05, 0) is 54.0 Å². The second-order valence-corrected chi connectivity index (χ2v) is 7.78. The molecule has 0 bridgehead atoms. The van der Waals surface area contributed by atoms with Crippen LogP contribution in [-0.4, -0.2) is 10.8 Å². The van der Waals surface area contributed by atoms with Gasteiger partial charge in [0, 0.05) is 16.6 Å². The largest absolute Gasteiger partial charge is 0.489 e. The number of nitriles is 1. The fourth-order valence-electron chi connectivity index (χ4n) is 2.77. The summed E-state index contributed by atoms with van der Waals surface area (Å²) in [6.45, 7) is 2.12. The maximum absolute atomic E-state index is 12.5. The van der Waals surface area contributed by atoms with E-state index in [-0.39, 0.29) is 16.9 Å². The summed E-state index contributed by atoms with van der Waals surface area (Å²) in [5.74, 6) is 0.00640. The Bertz CT molecular complexity index is 1210. The third-order valence-electron chi connectivity index (χ3n) is 4.56. The lowest BCUT2D eigenvalue weighted by molar-refractivity contribution is -0.384. The highest BCUT2D eigenvalue weighted by atomic mass is 79.9.